The second-order valence-electron chi connectivity index (χ2n) is 6.11. The van der Waals surface area contributed by atoms with Crippen molar-refractivity contribution in [1.29, 1.82) is 0 Å². The van der Waals surface area contributed by atoms with Gasteiger partial charge in [-0.3, -0.25) is 14.9 Å². The number of carbonyl (C=O) groups excluding carboxylic acids is 3. The molecule has 0 spiro atoms. The molecule has 9 nitrogen and oxygen atoms in total. The summed E-state index contributed by atoms with van der Waals surface area (Å²) >= 11 is 0. The summed E-state index contributed by atoms with van der Waals surface area (Å²) in [6, 6.07) is 8.82. The molecular weight excluding hydrogens is 368 g/mol. The molecule has 28 heavy (non-hydrogen) atoms. The number of nitrogens with zero attached hydrogens (tertiary/aromatic N) is 1. The van der Waals surface area contributed by atoms with Crippen LogP contribution in [0.15, 0.2) is 42.0 Å². The third-order valence-corrected chi connectivity index (χ3v) is 4.42. The van der Waals surface area contributed by atoms with Crippen molar-refractivity contribution in [3.63, 3.8) is 0 Å². The van der Waals surface area contributed by atoms with Crippen molar-refractivity contribution in [3.8, 4) is 23.0 Å². The van der Waals surface area contributed by atoms with Gasteiger partial charge in [-0.25, -0.2) is 9.69 Å². The van der Waals surface area contributed by atoms with Crippen LogP contribution in [0.1, 0.15) is 5.56 Å². The Hall–Kier alpha value is -4.01. The summed E-state index contributed by atoms with van der Waals surface area (Å²) in [4.78, 5) is 38.4. The van der Waals surface area contributed by atoms with Crippen molar-refractivity contribution in [2.45, 2.75) is 0 Å². The first-order chi connectivity index (χ1) is 13.6. The maximum Gasteiger partial charge on any atom is 0.335 e. The number of imide groups is 2. The van der Waals surface area contributed by atoms with E-state index in [0.29, 0.717) is 28.6 Å². The van der Waals surface area contributed by atoms with Gasteiger partial charge in [-0.05, 0) is 35.9 Å². The Morgan fingerprint density at radius 1 is 0.821 bits per heavy atom. The lowest BCUT2D eigenvalue weighted by molar-refractivity contribution is -0.122. The third-order valence-electron chi connectivity index (χ3n) is 4.42. The second-order valence-corrected chi connectivity index (χ2v) is 6.11. The molecule has 0 radical (unpaired) electrons. The molecule has 1 N–H and O–H groups in total. The highest BCUT2D eigenvalue weighted by Gasteiger charge is 2.37. The van der Waals surface area contributed by atoms with E-state index in [0.717, 1.165) is 4.90 Å². The highest BCUT2D eigenvalue weighted by atomic mass is 16.7. The minimum absolute atomic E-state index is 0.0622. The van der Waals surface area contributed by atoms with E-state index in [9.17, 15) is 14.4 Å². The Labute approximate surface area is 158 Å². The van der Waals surface area contributed by atoms with Crippen LogP contribution >= 0.6 is 0 Å². The molecule has 0 unspecified atom stereocenters. The van der Waals surface area contributed by atoms with Crippen LogP contribution in [0.25, 0.3) is 6.08 Å². The van der Waals surface area contributed by atoms with Gasteiger partial charge in [0.15, 0.2) is 23.0 Å². The minimum Gasteiger partial charge on any atom is -0.454 e. The maximum absolute atomic E-state index is 12.9. The molecule has 2 aromatic carbocycles. The van der Waals surface area contributed by atoms with Gasteiger partial charge in [0.2, 0.25) is 13.6 Å². The van der Waals surface area contributed by atoms with Crippen molar-refractivity contribution in [2.24, 2.45) is 0 Å². The van der Waals surface area contributed by atoms with Crippen LogP contribution in [-0.2, 0) is 9.59 Å². The summed E-state index contributed by atoms with van der Waals surface area (Å²) in [7, 11) is 0. The van der Waals surface area contributed by atoms with Gasteiger partial charge < -0.3 is 18.9 Å². The smallest absolute Gasteiger partial charge is 0.335 e. The van der Waals surface area contributed by atoms with E-state index in [-0.39, 0.29) is 24.8 Å². The van der Waals surface area contributed by atoms with Gasteiger partial charge in [0, 0.05) is 6.07 Å². The van der Waals surface area contributed by atoms with Crippen LogP contribution < -0.4 is 29.2 Å². The molecule has 0 bridgehead atoms. The lowest BCUT2D eigenvalue weighted by Gasteiger charge is -2.26. The summed E-state index contributed by atoms with van der Waals surface area (Å²) < 4.78 is 21.1. The zero-order valence-electron chi connectivity index (χ0n) is 14.3. The fourth-order valence-corrected chi connectivity index (χ4v) is 3.09. The second kappa shape index (κ2) is 6.02. The summed E-state index contributed by atoms with van der Waals surface area (Å²) in [5, 5.41) is 2.18. The minimum atomic E-state index is -0.836. The summed E-state index contributed by atoms with van der Waals surface area (Å²) in [5.41, 5.74) is 0.634. The normalized spacial score (nSPS) is 18.6. The van der Waals surface area contributed by atoms with E-state index < -0.39 is 17.8 Å². The van der Waals surface area contributed by atoms with Crippen molar-refractivity contribution < 1.29 is 33.3 Å². The van der Waals surface area contributed by atoms with Crippen molar-refractivity contribution >= 4 is 29.6 Å². The molecule has 4 amide bonds. The summed E-state index contributed by atoms with van der Waals surface area (Å²) in [6.45, 7) is 0.174. The number of rotatable bonds is 2. The number of fused-ring (bicyclic) bond motifs is 2. The summed E-state index contributed by atoms with van der Waals surface area (Å²) in [5.74, 6) is 0.507. The molecule has 3 aliphatic heterocycles. The average molecular weight is 380 g/mol. The van der Waals surface area contributed by atoms with E-state index in [1.165, 1.54) is 12.1 Å². The Morgan fingerprint density at radius 2 is 1.46 bits per heavy atom. The highest BCUT2D eigenvalue weighted by molar-refractivity contribution is 6.39. The zero-order valence-corrected chi connectivity index (χ0v) is 14.3. The standard InChI is InChI=1S/C19H12N2O7/c22-17-12(5-10-1-3-13-15(6-10)27-8-25-13)18(23)21(19(24)20-17)11-2-4-14-16(7-11)28-9-26-14/h1-7H,8-9H2,(H,20,22,24)/b12-5+. The number of barbiturate groups is 1. The molecule has 2 aromatic rings. The third kappa shape index (κ3) is 2.52. The molecule has 3 heterocycles. The van der Waals surface area contributed by atoms with Gasteiger partial charge in [0.1, 0.15) is 5.57 Å². The van der Waals surface area contributed by atoms with E-state index in [1.807, 2.05) is 0 Å². The number of benzene rings is 2. The first kappa shape index (κ1) is 16.2. The van der Waals surface area contributed by atoms with E-state index >= 15 is 0 Å². The van der Waals surface area contributed by atoms with E-state index in [1.54, 1.807) is 30.3 Å². The van der Waals surface area contributed by atoms with Gasteiger partial charge in [-0.2, -0.15) is 0 Å². The topological polar surface area (TPSA) is 103 Å². The monoisotopic (exact) mass is 380 g/mol. The van der Waals surface area contributed by atoms with Crippen LogP contribution in [0.5, 0.6) is 23.0 Å². The molecule has 0 atom stereocenters. The Balaban J connectivity index is 1.51. The number of carbonyl (C=O) groups is 3. The highest BCUT2D eigenvalue weighted by Crippen LogP contribution is 2.37. The number of amides is 4. The van der Waals surface area contributed by atoms with Crippen LogP contribution in [-0.4, -0.2) is 31.4 Å². The van der Waals surface area contributed by atoms with E-state index in [2.05, 4.69) is 5.32 Å². The van der Waals surface area contributed by atoms with E-state index in [4.69, 9.17) is 18.9 Å². The number of ether oxygens (including phenoxy) is 4. The molecule has 1 saturated heterocycles. The van der Waals surface area contributed by atoms with Crippen molar-refractivity contribution in [3.05, 3.63) is 47.5 Å². The Bertz CT molecular complexity index is 1080. The number of urea groups is 1. The van der Waals surface area contributed by atoms with Crippen LogP contribution in [0.2, 0.25) is 0 Å². The van der Waals surface area contributed by atoms with Gasteiger partial charge in [-0.1, -0.05) is 6.07 Å². The predicted octanol–water partition coefficient (Wildman–Crippen LogP) is 1.81. The summed E-state index contributed by atoms with van der Waals surface area (Å²) in [6.07, 6.45) is 1.39. The average Bonchev–Trinajstić information content (AvgIpc) is 3.33. The lowest BCUT2D eigenvalue weighted by Crippen LogP contribution is -2.54. The number of anilines is 1. The number of hydrogen-bond acceptors (Lipinski definition) is 7. The SMILES string of the molecule is O=C1NC(=O)N(c2ccc3c(c2)OCO3)C(=O)/C1=C/c1ccc2c(c1)OCO2. The molecule has 5 rings (SSSR count). The predicted molar refractivity (Wildman–Crippen MR) is 94.1 cm³/mol. The van der Waals surface area contributed by atoms with Gasteiger partial charge >= 0.3 is 6.03 Å². The molecule has 0 aromatic heterocycles. The molecular formula is C19H12N2O7. The zero-order chi connectivity index (χ0) is 19.3. The van der Waals surface area contributed by atoms with Gasteiger partial charge in [0.05, 0.1) is 5.69 Å². The van der Waals surface area contributed by atoms with Gasteiger partial charge in [0.25, 0.3) is 11.8 Å². The Morgan fingerprint density at radius 3 is 2.21 bits per heavy atom. The molecule has 0 saturated carbocycles. The fraction of sp³-hybridized carbons (Fsp3) is 0.105. The fourth-order valence-electron chi connectivity index (χ4n) is 3.09. The first-order valence-electron chi connectivity index (χ1n) is 8.31. The largest absolute Gasteiger partial charge is 0.454 e. The molecule has 9 heteroatoms. The number of hydrogen-bond donors (Lipinski definition) is 1. The lowest BCUT2D eigenvalue weighted by atomic mass is 10.1. The molecule has 140 valence electrons. The molecule has 1 fully saturated rings. The van der Waals surface area contributed by atoms with Crippen LogP contribution in [0, 0.1) is 0 Å². The number of nitrogens with one attached hydrogen (secondary N) is 1. The van der Waals surface area contributed by atoms with Crippen molar-refractivity contribution in [1.82, 2.24) is 5.32 Å². The Kier molecular flexibility index (Phi) is 3.48. The molecule has 0 aliphatic carbocycles. The quantitative estimate of drug-likeness (QED) is 0.626. The first-order valence-corrected chi connectivity index (χ1v) is 8.31. The maximum atomic E-state index is 12.9. The van der Waals surface area contributed by atoms with Crippen LogP contribution in [0.3, 0.4) is 0 Å². The molecule has 3 aliphatic rings. The van der Waals surface area contributed by atoms with Crippen LogP contribution in [0.4, 0.5) is 10.5 Å². The van der Waals surface area contributed by atoms with Crippen molar-refractivity contribution in [2.75, 3.05) is 18.5 Å². The van der Waals surface area contributed by atoms with Gasteiger partial charge in [-0.15, -0.1) is 0 Å².